The maximum Gasteiger partial charge on any atom is 0.274 e. The van der Waals surface area contributed by atoms with Crippen LogP contribution in [0.15, 0.2) is 55.2 Å². The normalized spacial score (nSPS) is 16.6. The highest BCUT2D eigenvalue weighted by Gasteiger charge is 2.29. The predicted molar refractivity (Wildman–Crippen MR) is 98.4 cm³/mol. The van der Waals surface area contributed by atoms with Crippen molar-refractivity contribution >= 4 is 5.91 Å². The third-order valence-electron chi connectivity index (χ3n) is 4.60. The topological polar surface area (TPSA) is 81.1 Å². The third kappa shape index (κ3) is 3.95. The molecule has 3 aromatic rings. The Kier molecular flexibility index (Phi) is 5.18. The van der Waals surface area contributed by atoms with Crippen molar-refractivity contribution in [1.82, 2.24) is 24.8 Å². The molecule has 0 aliphatic carbocycles. The number of benzene rings is 1. The van der Waals surface area contributed by atoms with Crippen LogP contribution in [0, 0.1) is 5.82 Å². The number of nitrogens with zero attached hydrogens (tertiary/aromatic N) is 5. The Bertz CT molecular complexity index is 952. The van der Waals surface area contributed by atoms with Crippen LogP contribution in [0.4, 0.5) is 4.39 Å². The van der Waals surface area contributed by atoms with Crippen molar-refractivity contribution in [3.05, 3.63) is 72.5 Å². The number of hydrogen-bond donors (Lipinski definition) is 0. The van der Waals surface area contributed by atoms with Gasteiger partial charge in [-0.1, -0.05) is 0 Å². The molecule has 8 heteroatoms. The average molecular weight is 379 g/mol. The Morgan fingerprint density at radius 1 is 1.07 bits per heavy atom. The summed E-state index contributed by atoms with van der Waals surface area (Å²) in [5.41, 5.74) is 1.01. The van der Waals surface area contributed by atoms with E-state index in [1.165, 1.54) is 30.7 Å². The Labute approximate surface area is 161 Å². The molecule has 1 atom stereocenters. The van der Waals surface area contributed by atoms with E-state index in [1.54, 1.807) is 29.4 Å². The molecule has 1 aliphatic rings. The quantitative estimate of drug-likeness (QED) is 0.692. The maximum atomic E-state index is 13.1. The monoisotopic (exact) mass is 379 g/mol. The van der Waals surface area contributed by atoms with E-state index < -0.39 is 0 Å². The minimum absolute atomic E-state index is 0.0153. The van der Waals surface area contributed by atoms with Crippen LogP contribution in [0.5, 0.6) is 11.6 Å². The number of carbonyl (C=O) groups is 1. The first kappa shape index (κ1) is 18.0. The minimum Gasteiger partial charge on any atom is -0.437 e. The first-order valence-electron chi connectivity index (χ1n) is 9.00. The number of piperidine rings is 1. The molecule has 4 rings (SSSR count). The SMILES string of the molecule is O=C(c1cnccn1)N1CCC[C@@H](c2nccnc2Oc2ccc(F)cc2)C1. The molecule has 7 nitrogen and oxygen atoms in total. The second kappa shape index (κ2) is 8.08. The Morgan fingerprint density at radius 2 is 1.86 bits per heavy atom. The lowest BCUT2D eigenvalue weighted by Gasteiger charge is -2.32. The molecular weight excluding hydrogens is 361 g/mol. The fourth-order valence-corrected chi connectivity index (χ4v) is 3.27. The van der Waals surface area contributed by atoms with Crippen molar-refractivity contribution in [1.29, 1.82) is 0 Å². The summed E-state index contributed by atoms with van der Waals surface area (Å²) in [7, 11) is 0. The van der Waals surface area contributed by atoms with Gasteiger partial charge >= 0.3 is 0 Å². The number of amides is 1. The molecule has 1 fully saturated rings. The van der Waals surface area contributed by atoms with Gasteiger partial charge in [0.05, 0.1) is 6.20 Å². The summed E-state index contributed by atoms with van der Waals surface area (Å²) < 4.78 is 19.0. The standard InChI is InChI=1S/C20H18FN5O2/c21-15-3-5-16(6-4-15)28-19-18(24-9-10-25-19)14-2-1-11-26(13-14)20(27)17-12-22-7-8-23-17/h3-10,12,14H,1-2,11,13H2/t14-/m1/s1. The average Bonchev–Trinajstić information content (AvgIpc) is 2.76. The van der Waals surface area contributed by atoms with Crippen LogP contribution in [0.25, 0.3) is 0 Å². The molecule has 1 aromatic carbocycles. The van der Waals surface area contributed by atoms with Crippen LogP contribution in [0.1, 0.15) is 34.9 Å². The van der Waals surface area contributed by atoms with Crippen LogP contribution in [0.3, 0.4) is 0 Å². The molecule has 0 unspecified atom stereocenters. The van der Waals surface area contributed by atoms with Crippen LogP contribution in [0.2, 0.25) is 0 Å². The number of ether oxygens (including phenoxy) is 1. The highest BCUT2D eigenvalue weighted by molar-refractivity contribution is 5.92. The third-order valence-corrected chi connectivity index (χ3v) is 4.60. The molecule has 0 bridgehead atoms. The smallest absolute Gasteiger partial charge is 0.274 e. The van der Waals surface area contributed by atoms with E-state index >= 15 is 0 Å². The van der Waals surface area contributed by atoms with Gasteiger partial charge in [0.15, 0.2) is 0 Å². The summed E-state index contributed by atoms with van der Waals surface area (Å²) in [6, 6.07) is 5.73. The molecule has 1 amide bonds. The van der Waals surface area contributed by atoms with E-state index in [9.17, 15) is 9.18 Å². The van der Waals surface area contributed by atoms with Gasteiger partial charge in [0.25, 0.3) is 5.91 Å². The van der Waals surface area contributed by atoms with Crippen LogP contribution < -0.4 is 4.74 Å². The second-order valence-electron chi connectivity index (χ2n) is 6.48. The number of carbonyl (C=O) groups excluding carboxylic acids is 1. The molecule has 0 spiro atoms. The van der Waals surface area contributed by atoms with Gasteiger partial charge in [-0.05, 0) is 37.1 Å². The van der Waals surface area contributed by atoms with Crippen molar-refractivity contribution in [2.75, 3.05) is 13.1 Å². The van der Waals surface area contributed by atoms with E-state index in [2.05, 4.69) is 19.9 Å². The van der Waals surface area contributed by atoms with Crippen molar-refractivity contribution in [2.45, 2.75) is 18.8 Å². The van der Waals surface area contributed by atoms with Gasteiger partial charge < -0.3 is 9.64 Å². The minimum atomic E-state index is -0.336. The summed E-state index contributed by atoms with van der Waals surface area (Å²) in [6.45, 7) is 1.15. The molecule has 3 heterocycles. The Hall–Kier alpha value is -3.42. The molecule has 1 saturated heterocycles. The molecule has 2 aromatic heterocycles. The second-order valence-corrected chi connectivity index (χ2v) is 6.48. The zero-order valence-corrected chi connectivity index (χ0v) is 15.0. The van der Waals surface area contributed by atoms with Crippen LogP contribution >= 0.6 is 0 Å². The molecule has 142 valence electrons. The van der Waals surface area contributed by atoms with Gasteiger partial charge in [-0.3, -0.25) is 14.8 Å². The molecule has 0 N–H and O–H groups in total. The van der Waals surface area contributed by atoms with Crippen molar-refractivity contribution < 1.29 is 13.9 Å². The first-order chi connectivity index (χ1) is 13.7. The predicted octanol–water partition coefficient (Wildman–Crippen LogP) is 3.22. The van der Waals surface area contributed by atoms with E-state index in [4.69, 9.17) is 4.74 Å². The van der Waals surface area contributed by atoms with E-state index in [0.717, 1.165) is 12.8 Å². The Balaban J connectivity index is 1.54. The van der Waals surface area contributed by atoms with E-state index in [1.807, 2.05) is 0 Å². The van der Waals surface area contributed by atoms with E-state index in [-0.39, 0.29) is 17.6 Å². The van der Waals surface area contributed by atoms with Gasteiger partial charge in [0.1, 0.15) is 23.0 Å². The summed E-state index contributed by atoms with van der Waals surface area (Å²) in [5.74, 6) is 0.345. The molecule has 0 saturated carbocycles. The maximum absolute atomic E-state index is 13.1. The fourth-order valence-electron chi connectivity index (χ4n) is 3.27. The highest BCUT2D eigenvalue weighted by Crippen LogP contribution is 2.33. The summed E-state index contributed by atoms with van der Waals surface area (Å²) in [4.78, 5) is 31.3. The van der Waals surface area contributed by atoms with Crippen molar-refractivity contribution in [3.8, 4) is 11.6 Å². The molecule has 0 radical (unpaired) electrons. The number of halogens is 1. The van der Waals surface area contributed by atoms with Crippen LogP contribution in [-0.4, -0.2) is 43.8 Å². The lowest BCUT2D eigenvalue weighted by Crippen LogP contribution is -2.39. The molecular formula is C20H18FN5O2. The molecule has 28 heavy (non-hydrogen) atoms. The van der Waals surface area contributed by atoms with Gasteiger partial charge in [-0.25, -0.2) is 14.4 Å². The van der Waals surface area contributed by atoms with Crippen molar-refractivity contribution in [2.24, 2.45) is 0 Å². The zero-order chi connectivity index (χ0) is 19.3. The fraction of sp³-hybridized carbons (Fsp3) is 0.250. The number of rotatable bonds is 4. The zero-order valence-electron chi connectivity index (χ0n) is 15.0. The summed E-state index contributed by atoms with van der Waals surface area (Å²) in [6.07, 6.45) is 9.37. The lowest BCUT2D eigenvalue weighted by molar-refractivity contribution is 0.0698. The number of likely N-dealkylation sites (tertiary alicyclic amines) is 1. The van der Waals surface area contributed by atoms with Gasteiger partial charge in [-0.2, -0.15) is 0 Å². The first-order valence-corrected chi connectivity index (χ1v) is 9.00. The van der Waals surface area contributed by atoms with Gasteiger partial charge in [-0.15, -0.1) is 0 Å². The summed E-state index contributed by atoms with van der Waals surface area (Å²) in [5, 5.41) is 0. The molecule has 1 aliphatic heterocycles. The van der Waals surface area contributed by atoms with Crippen molar-refractivity contribution in [3.63, 3.8) is 0 Å². The number of aromatic nitrogens is 4. The number of hydrogen-bond acceptors (Lipinski definition) is 6. The lowest BCUT2D eigenvalue weighted by atomic mass is 9.94. The van der Waals surface area contributed by atoms with Gasteiger partial charge in [0.2, 0.25) is 5.88 Å². The largest absolute Gasteiger partial charge is 0.437 e. The summed E-state index contributed by atoms with van der Waals surface area (Å²) >= 11 is 0. The Morgan fingerprint density at radius 3 is 2.64 bits per heavy atom. The highest BCUT2D eigenvalue weighted by atomic mass is 19.1. The van der Waals surface area contributed by atoms with E-state index in [0.29, 0.717) is 36.1 Å². The van der Waals surface area contributed by atoms with Crippen LogP contribution in [-0.2, 0) is 0 Å². The van der Waals surface area contributed by atoms with Gasteiger partial charge in [0, 0.05) is 43.8 Å².